The molecular formula is C25H17ClN2O2S. The lowest BCUT2D eigenvalue weighted by Crippen LogP contribution is -2.27. The third kappa shape index (κ3) is 3.67. The maximum Gasteiger partial charge on any atom is 0.298 e. The minimum atomic E-state index is -0.358. The lowest BCUT2D eigenvalue weighted by Gasteiger charge is -2.13. The van der Waals surface area contributed by atoms with E-state index in [0.717, 1.165) is 39.7 Å². The average Bonchev–Trinajstić information content (AvgIpc) is 3.26. The molecule has 4 nitrogen and oxygen atoms in total. The Morgan fingerprint density at radius 2 is 1.58 bits per heavy atom. The molecule has 3 aromatic carbocycles. The van der Waals surface area contributed by atoms with Crippen LogP contribution >= 0.6 is 23.4 Å². The molecule has 1 saturated heterocycles. The van der Waals surface area contributed by atoms with E-state index in [2.05, 4.69) is 22.8 Å². The number of fused-ring (bicyclic) bond motifs is 1. The van der Waals surface area contributed by atoms with Gasteiger partial charge in [0.2, 0.25) is 0 Å². The molecular weight excluding hydrogens is 428 g/mol. The number of carbonyl (C=O) groups is 2. The molecule has 0 atom stereocenters. The van der Waals surface area contributed by atoms with Crippen molar-refractivity contribution < 1.29 is 9.59 Å². The highest BCUT2D eigenvalue weighted by molar-refractivity contribution is 8.19. The molecule has 1 fully saturated rings. The lowest BCUT2D eigenvalue weighted by atomic mass is 10.1. The van der Waals surface area contributed by atoms with Gasteiger partial charge in [0.25, 0.3) is 11.1 Å². The zero-order valence-electron chi connectivity index (χ0n) is 16.4. The monoisotopic (exact) mass is 444 g/mol. The summed E-state index contributed by atoms with van der Waals surface area (Å²) in [6.45, 7) is 0.719. The summed E-state index contributed by atoms with van der Waals surface area (Å²) in [5.74, 6) is -0.358. The number of halogens is 1. The van der Waals surface area contributed by atoms with Crippen LogP contribution in [0.4, 0.5) is 10.5 Å². The lowest BCUT2D eigenvalue weighted by molar-refractivity contribution is -0.113. The number of nitrogens with zero attached hydrogens (tertiary/aromatic N) is 2. The van der Waals surface area contributed by atoms with Gasteiger partial charge in [0, 0.05) is 29.2 Å². The summed E-state index contributed by atoms with van der Waals surface area (Å²) >= 11 is 7.16. The van der Waals surface area contributed by atoms with Crippen molar-refractivity contribution in [1.82, 2.24) is 4.57 Å². The zero-order chi connectivity index (χ0) is 21.4. The van der Waals surface area contributed by atoms with E-state index in [1.807, 2.05) is 42.6 Å². The zero-order valence-corrected chi connectivity index (χ0v) is 17.9. The van der Waals surface area contributed by atoms with E-state index in [1.54, 1.807) is 30.3 Å². The number of benzene rings is 3. The Hall–Kier alpha value is -3.28. The molecule has 4 aromatic rings. The third-order valence-electron chi connectivity index (χ3n) is 5.19. The summed E-state index contributed by atoms with van der Waals surface area (Å²) in [6.07, 6.45) is 3.83. The van der Waals surface area contributed by atoms with Crippen LogP contribution < -0.4 is 4.90 Å². The molecule has 0 spiro atoms. The molecule has 0 radical (unpaired) electrons. The fourth-order valence-corrected chi connectivity index (χ4v) is 4.80. The molecule has 1 aliphatic rings. The van der Waals surface area contributed by atoms with Crippen molar-refractivity contribution in [2.45, 2.75) is 6.54 Å². The first-order chi connectivity index (χ1) is 15.1. The smallest absolute Gasteiger partial charge is 0.298 e. The number of hydrogen-bond donors (Lipinski definition) is 0. The normalized spacial score (nSPS) is 15.4. The van der Waals surface area contributed by atoms with Crippen molar-refractivity contribution in [3.63, 3.8) is 0 Å². The van der Waals surface area contributed by atoms with Crippen LogP contribution in [0.3, 0.4) is 0 Å². The maximum atomic E-state index is 13.1. The number of carbonyl (C=O) groups excluding carboxylic acids is 2. The Kier molecular flexibility index (Phi) is 5.14. The quantitative estimate of drug-likeness (QED) is 0.334. The average molecular weight is 445 g/mol. The van der Waals surface area contributed by atoms with Gasteiger partial charge in [-0.25, -0.2) is 4.90 Å². The highest BCUT2D eigenvalue weighted by Gasteiger charge is 2.37. The summed E-state index contributed by atoms with van der Waals surface area (Å²) in [7, 11) is 0. The standard InChI is InChI=1S/C25H17ClN2O2S/c26-20-11-5-7-13-22(20)28-24(29)23(31-25(28)30)14-18-16-27(15-17-8-2-1-3-9-17)21-12-6-4-10-19(18)21/h1-14,16H,15H2/b23-14-. The van der Waals surface area contributed by atoms with Crippen molar-refractivity contribution in [1.29, 1.82) is 0 Å². The van der Waals surface area contributed by atoms with Crippen LogP contribution in [0.25, 0.3) is 17.0 Å². The van der Waals surface area contributed by atoms with Gasteiger partial charge in [-0.3, -0.25) is 9.59 Å². The number of anilines is 1. The molecule has 1 aromatic heterocycles. The molecule has 0 N–H and O–H groups in total. The molecule has 2 amide bonds. The number of hydrogen-bond acceptors (Lipinski definition) is 3. The van der Waals surface area contributed by atoms with Crippen molar-refractivity contribution >= 4 is 57.2 Å². The van der Waals surface area contributed by atoms with E-state index >= 15 is 0 Å². The summed E-state index contributed by atoms with van der Waals surface area (Å²) in [6, 6.07) is 25.1. The highest BCUT2D eigenvalue weighted by atomic mass is 35.5. The molecule has 0 saturated carbocycles. The summed E-state index contributed by atoms with van der Waals surface area (Å²) < 4.78 is 2.16. The molecule has 0 bridgehead atoms. The first kappa shape index (κ1) is 19.7. The number of para-hydroxylation sites is 2. The van der Waals surface area contributed by atoms with Crippen molar-refractivity contribution in [2.75, 3.05) is 4.90 Å². The first-order valence-corrected chi connectivity index (χ1v) is 11.0. The number of rotatable bonds is 4. The SMILES string of the molecule is O=C1S/C(=C\c2cn(Cc3ccccc3)c3ccccc23)C(=O)N1c1ccccc1Cl. The molecule has 152 valence electrons. The summed E-state index contributed by atoms with van der Waals surface area (Å²) in [5.41, 5.74) is 3.56. The van der Waals surface area contributed by atoms with Crippen molar-refractivity contribution in [3.8, 4) is 0 Å². The van der Waals surface area contributed by atoms with Crippen LogP contribution in [0.15, 0.2) is 90.0 Å². The third-order valence-corrected chi connectivity index (χ3v) is 6.38. The van der Waals surface area contributed by atoms with E-state index in [0.29, 0.717) is 15.6 Å². The second-order valence-electron chi connectivity index (χ2n) is 7.18. The number of thioether (sulfide) groups is 1. The minimum Gasteiger partial charge on any atom is -0.342 e. The van der Waals surface area contributed by atoms with Gasteiger partial charge in [0.15, 0.2) is 0 Å². The first-order valence-electron chi connectivity index (χ1n) is 9.76. The van der Waals surface area contributed by atoms with Crippen LogP contribution in [0.2, 0.25) is 5.02 Å². The molecule has 2 heterocycles. The van der Waals surface area contributed by atoms with Gasteiger partial charge >= 0.3 is 0 Å². The van der Waals surface area contributed by atoms with Gasteiger partial charge in [-0.15, -0.1) is 0 Å². The Balaban J connectivity index is 1.54. The number of aromatic nitrogens is 1. The fraction of sp³-hybridized carbons (Fsp3) is 0.0400. The van der Waals surface area contributed by atoms with E-state index in [9.17, 15) is 9.59 Å². The van der Waals surface area contributed by atoms with Gasteiger partial charge in [-0.1, -0.05) is 72.3 Å². The molecule has 0 aliphatic carbocycles. The second kappa shape index (κ2) is 8.10. The number of imide groups is 1. The van der Waals surface area contributed by atoms with Crippen molar-refractivity contribution in [3.05, 3.63) is 106 Å². The van der Waals surface area contributed by atoms with Crippen LogP contribution in [-0.4, -0.2) is 15.7 Å². The highest BCUT2D eigenvalue weighted by Crippen LogP contribution is 2.39. The predicted octanol–water partition coefficient (Wildman–Crippen LogP) is 6.58. The minimum absolute atomic E-state index is 0.350. The molecule has 5 rings (SSSR count). The van der Waals surface area contributed by atoms with Crippen molar-refractivity contribution in [2.24, 2.45) is 0 Å². The van der Waals surface area contributed by atoms with Gasteiger partial charge < -0.3 is 4.57 Å². The van der Waals surface area contributed by atoms with E-state index in [1.165, 1.54) is 5.56 Å². The maximum absolute atomic E-state index is 13.1. The second-order valence-corrected chi connectivity index (χ2v) is 8.58. The fourth-order valence-electron chi connectivity index (χ4n) is 3.75. The van der Waals surface area contributed by atoms with E-state index in [4.69, 9.17) is 11.6 Å². The Bertz CT molecular complexity index is 1340. The van der Waals surface area contributed by atoms with Gasteiger partial charge in [-0.05, 0) is 41.6 Å². The molecule has 0 unspecified atom stereocenters. The van der Waals surface area contributed by atoms with E-state index in [-0.39, 0.29) is 11.1 Å². The summed E-state index contributed by atoms with van der Waals surface area (Å²) in [5, 5.41) is 1.05. The topological polar surface area (TPSA) is 42.3 Å². The van der Waals surface area contributed by atoms with E-state index < -0.39 is 0 Å². The van der Waals surface area contributed by atoms with Crippen LogP contribution in [-0.2, 0) is 11.3 Å². The molecule has 1 aliphatic heterocycles. The van der Waals surface area contributed by atoms with Crippen LogP contribution in [0.1, 0.15) is 11.1 Å². The Morgan fingerprint density at radius 3 is 2.39 bits per heavy atom. The predicted molar refractivity (Wildman–Crippen MR) is 127 cm³/mol. The van der Waals surface area contributed by atoms with Crippen LogP contribution in [0, 0.1) is 0 Å². The van der Waals surface area contributed by atoms with Gasteiger partial charge in [-0.2, -0.15) is 0 Å². The number of amides is 2. The Morgan fingerprint density at radius 1 is 0.871 bits per heavy atom. The molecule has 6 heteroatoms. The Labute approximate surface area is 188 Å². The largest absolute Gasteiger partial charge is 0.342 e. The summed E-state index contributed by atoms with van der Waals surface area (Å²) in [4.78, 5) is 27.2. The van der Waals surface area contributed by atoms with Gasteiger partial charge in [0.1, 0.15) is 0 Å². The molecule has 31 heavy (non-hydrogen) atoms. The van der Waals surface area contributed by atoms with Crippen LogP contribution in [0.5, 0.6) is 0 Å². The van der Waals surface area contributed by atoms with Gasteiger partial charge in [0.05, 0.1) is 15.6 Å².